The molecule has 6 nitrogen and oxygen atoms in total. The highest BCUT2D eigenvalue weighted by molar-refractivity contribution is 5.78. The molecular weight excluding hydrogens is 428 g/mol. The van der Waals surface area contributed by atoms with Gasteiger partial charge in [-0.05, 0) is 86.2 Å². The van der Waals surface area contributed by atoms with Crippen LogP contribution in [0.3, 0.4) is 0 Å². The molecule has 0 saturated heterocycles. The number of nitrogens with zero attached hydrogens (tertiary/aromatic N) is 1. The van der Waals surface area contributed by atoms with Crippen LogP contribution >= 0.6 is 0 Å². The summed E-state index contributed by atoms with van der Waals surface area (Å²) in [5.41, 5.74) is 4.33. The van der Waals surface area contributed by atoms with Crippen LogP contribution in [0.1, 0.15) is 43.9 Å². The van der Waals surface area contributed by atoms with E-state index in [1.807, 2.05) is 74.5 Å². The van der Waals surface area contributed by atoms with E-state index in [1.165, 1.54) is 19.8 Å². The molecule has 1 aliphatic carbocycles. The summed E-state index contributed by atoms with van der Waals surface area (Å²) in [5.74, 6) is 3.50. The van der Waals surface area contributed by atoms with E-state index in [4.69, 9.17) is 13.9 Å². The van der Waals surface area contributed by atoms with Crippen LogP contribution in [0.5, 0.6) is 17.2 Å². The summed E-state index contributed by atoms with van der Waals surface area (Å²) in [6.07, 6.45) is 2.53. The van der Waals surface area contributed by atoms with Crippen LogP contribution in [0.4, 0.5) is 0 Å². The Labute approximate surface area is 198 Å². The third-order valence-corrected chi connectivity index (χ3v) is 5.98. The highest BCUT2D eigenvalue weighted by Gasteiger charge is 2.22. The van der Waals surface area contributed by atoms with Gasteiger partial charge in [0, 0.05) is 18.6 Å². The molecule has 5 rings (SSSR count). The van der Waals surface area contributed by atoms with Crippen LogP contribution in [-0.2, 0) is 4.79 Å². The van der Waals surface area contributed by atoms with Crippen molar-refractivity contribution < 1.29 is 18.7 Å². The van der Waals surface area contributed by atoms with Crippen molar-refractivity contribution >= 4 is 17.0 Å². The summed E-state index contributed by atoms with van der Waals surface area (Å²) in [7, 11) is 0. The smallest absolute Gasteiger partial charge is 0.227 e. The van der Waals surface area contributed by atoms with Crippen LogP contribution in [-0.4, -0.2) is 17.5 Å². The summed E-state index contributed by atoms with van der Waals surface area (Å²) in [6.45, 7) is 6.24. The fraction of sp³-hybridized carbons (Fsp3) is 0.286. The Morgan fingerprint density at radius 1 is 1.09 bits per heavy atom. The Morgan fingerprint density at radius 3 is 2.65 bits per heavy atom. The molecule has 174 valence electrons. The topological polar surface area (TPSA) is 73.6 Å². The normalized spacial score (nSPS) is 14.1. The number of ether oxygens (including phenoxy) is 2. The molecule has 34 heavy (non-hydrogen) atoms. The fourth-order valence-electron chi connectivity index (χ4n) is 3.92. The standard InChI is InChI=1S/C28H28N2O4/c1-17-13-24(33-23-6-4-5-22(15-23)32-16-20-7-8-20)10-11-25(17)28-30-26-12-9-21(14-27(26)34-28)18(2)29-19(3)31/h4-6,9-15,18,20H,7-8,16H2,1-3H3,(H,29,31). The van der Waals surface area contributed by atoms with Crippen molar-refractivity contribution in [3.8, 4) is 28.7 Å². The molecule has 4 aromatic rings. The molecule has 0 radical (unpaired) electrons. The first kappa shape index (κ1) is 22.0. The average molecular weight is 457 g/mol. The monoisotopic (exact) mass is 456 g/mol. The first-order valence-corrected chi connectivity index (χ1v) is 11.6. The van der Waals surface area contributed by atoms with Gasteiger partial charge in [-0.2, -0.15) is 0 Å². The van der Waals surface area contributed by atoms with Gasteiger partial charge < -0.3 is 19.2 Å². The predicted molar refractivity (Wildman–Crippen MR) is 131 cm³/mol. The molecule has 1 saturated carbocycles. The zero-order chi connectivity index (χ0) is 23.7. The molecule has 1 heterocycles. The maximum absolute atomic E-state index is 11.4. The fourth-order valence-corrected chi connectivity index (χ4v) is 3.92. The number of carbonyl (C=O) groups excluding carboxylic acids is 1. The second kappa shape index (κ2) is 9.21. The minimum absolute atomic E-state index is 0.0682. The zero-order valence-corrected chi connectivity index (χ0v) is 19.6. The Bertz CT molecular complexity index is 1340. The molecule has 6 heteroatoms. The van der Waals surface area contributed by atoms with Crippen molar-refractivity contribution in [2.24, 2.45) is 5.92 Å². The summed E-state index contributed by atoms with van der Waals surface area (Å²) in [6, 6.07) is 19.3. The zero-order valence-electron chi connectivity index (χ0n) is 19.6. The second-order valence-electron chi connectivity index (χ2n) is 8.98. The number of hydrogen-bond donors (Lipinski definition) is 1. The van der Waals surface area contributed by atoms with Crippen molar-refractivity contribution in [3.05, 3.63) is 71.8 Å². The molecule has 0 aliphatic heterocycles. The van der Waals surface area contributed by atoms with E-state index in [0.29, 0.717) is 17.4 Å². The van der Waals surface area contributed by atoms with Crippen LogP contribution in [0.2, 0.25) is 0 Å². The molecule has 0 spiro atoms. The minimum atomic E-state index is -0.105. The lowest BCUT2D eigenvalue weighted by Crippen LogP contribution is -2.23. The van der Waals surface area contributed by atoms with Crippen LogP contribution in [0.15, 0.2) is 65.1 Å². The van der Waals surface area contributed by atoms with Crippen molar-refractivity contribution in [1.82, 2.24) is 10.3 Å². The van der Waals surface area contributed by atoms with Crippen molar-refractivity contribution in [3.63, 3.8) is 0 Å². The van der Waals surface area contributed by atoms with E-state index < -0.39 is 0 Å². The number of benzene rings is 3. The average Bonchev–Trinajstić information content (AvgIpc) is 3.54. The molecule has 1 N–H and O–H groups in total. The van der Waals surface area contributed by atoms with E-state index in [-0.39, 0.29) is 11.9 Å². The Hall–Kier alpha value is -3.80. The number of carbonyl (C=O) groups is 1. The van der Waals surface area contributed by atoms with Crippen molar-refractivity contribution in [1.29, 1.82) is 0 Å². The number of aryl methyl sites for hydroxylation is 1. The number of oxazole rings is 1. The minimum Gasteiger partial charge on any atom is -0.493 e. The van der Waals surface area contributed by atoms with E-state index in [1.54, 1.807) is 0 Å². The van der Waals surface area contributed by atoms with Crippen LogP contribution < -0.4 is 14.8 Å². The molecule has 3 aromatic carbocycles. The van der Waals surface area contributed by atoms with E-state index >= 15 is 0 Å². The number of fused-ring (bicyclic) bond motifs is 1. The number of aromatic nitrogens is 1. The van der Waals surface area contributed by atoms with Gasteiger partial charge >= 0.3 is 0 Å². The summed E-state index contributed by atoms with van der Waals surface area (Å²) < 4.78 is 18.0. The number of nitrogens with one attached hydrogen (secondary N) is 1. The number of amides is 1. The van der Waals surface area contributed by atoms with Crippen LogP contribution in [0, 0.1) is 12.8 Å². The van der Waals surface area contributed by atoms with Gasteiger partial charge in [0.15, 0.2) is 5.58 Å². The summed E-state index contributed by atoms with van der Waals surface area (Å²) in [4.78, 5) is 16.0. The first-order valence-electron chi connectivity index (χ1n) is 11.6. The Balaban J connectivity index is 1.33. The summed E-state index contributed by atoms with van der Waals surface area (Å²) >= 11 is 0. The van der Waals surface area contributed by atoms with Gasteiger partial charge in [0.25, 0.3) is 0 Å². The van der Waals surface area contributed by atoms with Gasteiger partial charge in [-0.15, -0.1) is 0 Å². The van der Waals surface area contributed by atoms with Gasteiger partial charge in [0.05, 0.1) is 12.6 Å². The van der Waals surface area contributed by atoms with Gasteiger partial charge in [0.1, 0.15) is 22.8 Å². The van der Waals surface area contributed by atoms with E-state index in [9.17, 15) is 4.79 Å². The first-order chi connectivity index (χ1) is 16.4. The van der Waals surface area contributed by atoms with E-state index in [0.717, 1.165) is 46.1 Å². The third kappa shape index (κ3) is 5.06. The van der Waals surface area contributed by atoms with Crippen LogP contribution in [0.25, 0.3) is 22.6 Å². The molecule has 0 bridgehead atoms. The maximum atomic E-state index is 11.4. The Kier molecular flexibility index (Phi) is 5.97. The highest BCUT2D eigenvalue weighted by atomic mass is 16.5. The van der Waals surface area contributed by atoms with Gasteiger partial charge in [0.2, 0.25) is 11.8 Å². The summed E-state index contributed by atoms with van der Waals surface area (Å²) in [5, 5.41) is 2.89. The number of hydrogen-bond acceptors (Lipinski definition) is 5. The quantitative estimate of drug-likeness (QED) is 0.324. The molecule has 1 unspecified atom stereocenters. The Morgan fingerprint density at radius 2 is 1.88 bits per heavy atom. The lowest BCUT2D eigenvalue weighted by molar-refractivity contribution is -0.119. The van der Waals surface area contributed by atoms with Gasteiger partial charge in [-0.25, -0.2) is 4.98 Å². The number of rotatable bonds is 8. The SMILES string of the molecule is CC(=O)NC(C)c1ccc2nc(-c3ccc(Oc4cccc(OCC5CC5)c4)cc3C)oc2c1. The van der Waals surface area contributed by atoms with Gasteiger partial charge in [-0.3, -0.25) is 4.79 Å². The van der Waals surface area contributed by atoms with E-state index in [2.05, 4.69) is 10.3 Å². The largest absolute Gasteiger partial charge is 0.493 e. The molecule has 1 fully saturated rings. The molecule has 1 aromatic heterocycles. The van der Waals surface area contributed by atoms with Gasteiger partial charge in [-0.1, -0.05) is 12.1 Å². The van der Waals surface area contributed by atoms with Crippen molar-refractivity contribution in [2.45, 2.75) is 39.7 Å². The molecule has 1 aliphatic rings. The molecule has 1 atom stereocenters. The molecule has 1 amide bonds. The second-order valence-corrected chi connectivity index (χ2v) is 8.98. The lowest BCUT2D eigenvalue weighted by atomic mass is 10.1. The van der Waals surface area contributed by atoms with Crippen molar-refractivity contribution in [2.75, 3.05) is 6.61 Å². The maximum Gasteiger partial charge on any atom is 0.227 e. The third-order valence-electron chi connectivity index (χ3n) is 5.98. The lowest BCUT2D eigenvalue weighted by Gasteiger charge is -2.12. The highest BCUT2D eigenvalue weighted by Crippen LogP contribution is 2.33. The molecular formula is C28H28N2O4. The predicted octanol–water partition coefficient (Wildman–Crippen LogP) is 6.58.